The number of aromatic nitrogens is 10. The summed E-state index contributed by atoms with van der Waals surface area (Å²) < 4.78 is 14.7. The van der Waals surface area contributed by atoms with E-state index in [9.17, 15) is 0 Å². The molecule has 16 heteroatoms. The Morgan fingerprint density at radius 2 is 1.15 bits per heavy atom. The Bertz CT molecular complexity index is 1800. The van der Waals surface area contributed by atoms with E-state index >= 15 is 0 Å². The largest absolute Gasteiger partial charge is 0.361 e. The van der Waals surface area contributed by atoms with E-state index < -0.39 is 0 Å². The minimum absolute atomic E-state index is 0.380. The normalized spacial score (nSPS) is 12.1. The number of nitrogens with zero attached hydrogens (tertiary/aromatic N) is 10. The molecule has 6 heterocycles. The first kappa shape index (κ1) is 20.0. The molecule has 0 N–H and O–H groups in total. The van der Waals surface area contributed by atoms with E-state index in [-0.39, 0.29) is 0 Å². The third-order valence-corrected chi connectivity index (χ3v) is 8.01. The zero-order chi connectivity index (χ0) is 23.1. The minimum Gasteiger partial charge on any atom is -0.361 e. The Kier molecular flexibility index (Phi) is 4.12. The Hall–Kier alpha value is -3.46. The highest BCUT2D eigenvalue weighted by Crippen LogP contribution is 2.42. The fourth-order valence-corrected chi connectivity index (χ4v) is 6.07. The van der Waals surface area contributed by atoms with Crippen molar-refractivity contribution in [3.05, 3.63) is 33.7 Å². The lowest BCUT2D eigenvalue weighted by Gasteiger charge is -2.08. The topological polar surface area (TPSA) is 138 Å². The van der Waals surface area contributed by atoms with E-state index in [1.165, 1.54) is 22.7 Å². The molecular weight excluding hydrogens is 523 g/mol. The van der Waals surface area contributed by atoms with Gasteiger partial charge in [0.2, 0.25) is 21.6 Å². The molecule has 0 bridgehead atoms. The van der Waals surface area contributed by atoms with Crippen molar-refractivity contribution in [3.8, 4) is 23.0 Å². The van der Waals surface area contributed by atoms with Gasteiger partial charge in [0.25, 0.3) is 0 Å². The molecule has 0 fully saturated rings. The van der Waals surface area contributed by atoms with Crippen molar-refractivity contribution in [1.82, 2.24) is 49.9 Å². The summed E-state index contributed by atoms with van der Waals surface area (Å²) in [5, 5.41) is 35.0. The number of rotatable bonds is 2. The lowest BCUT2D eigenvalue weighted by atomic mass is 10.3. The molecular formula is C18H8Cl2N10O2S2. The molecule has 0 unspecified atom stereocenters. The molecule has 0 saturated carbocycles. The number of halogens is 2. The van der Waals surface area contributed by atoms with Gasteiger partial charge in [0, 0.05) is 12.1 Å². The van der Waals surface area contributed by atoms with E-state index in [1.54, 1.807) is 35.0 Å². The van der Waals surface area contributed by atoms with Gasteiger partial charge in [0.15, 0.2) is 11.4 Å². The summed E-state index contributed by atoms with van der Waals surface area (Å²) >= 11 is 16.2. The van der Waals surface area contributed by atoms with Gasteiger partial charge in [-0.05, 0) is 13.8 Å². The van der Waals surface area contributed by atoms with Gasteiger partial charge in [-0.2, -0.15) is 19.2 Å². The molecule has 0 spiro atoms. The van der Waals surface area contributed by atoms with Gasteiger partial charge in [-0.15, -0.1) is 20.4 Å². The molecule has 0 aliphatic carbocycles. The van der Waals surface area contributed by atoms with Crippen molar-refractivity contribution in [3.63, 3.8) is 0 Å². The lowest BCUT2D eigenvalue weighted by Crippen LogP contribution is -1.98. The fraction of sp³-hybridized carbons (Fsp3) is 0.111. The fourth-order valence-electron chi connectivity index (χ4n) is 3.47. The first-order valence-corrected chi connectivity index (χ1v) is 12.0. The minimum atomic E-state index is 0.380. The second-order valence-corrected chi connectivity index (χ2v) is 9.98. The predicted molar refractivity (Wildman–Crippen MR) is 125 cm³/mol. The van der Waals surface area contributed by atoms with Gasteiger partial charge in [0.1, 0.15) is 22.6 Å². The summed E-state index contributed by atoms with van der Waals surface area (Å²) in [4.78, 5) is 1.02. The average molecular weight is 531 g/mol. The molecule has 34 heavy (non-hydrogen) atoms. The standard InChI is InChI=1S/C18H8Cl2N10O2S2/c1-5-3-7(27-31-5)15-21-23-17-29(15)25-11-9(19)14-12(10(20)13(11)33-17)26-30-16(22-24-18(30)34-14)8-4-6(2)32-28-8/h3-4H,1-2H3. The number of aryl methyl sites for hydroxylation is 2. The van der Waals surface area contributed by atoms with Crippen LogP contribution in [-0.2, 0) is 0 Å². The van der Waals surface area contributed by atoms with Crippen molar-refractivity contribution in [2.45, 2.75) is 13.8 Å². The first-order chi connectivity index (χ1) is 16.5. The van der Waals surface area contributed by atoms with E-state index in [1.807, 2.05) is 0 Å². The maximum Gasteiger partial charge on any atom is 0.233 e. The number of hydrogen-bond donors (Lipinski definition) is 0. The van der Waals surface area contributed by atoms with Crippen LogP contribution in [-0.4, -0.2) is 49.9 Å². The highest BCUT2D eigenvalue weighted by molar-refractivity contribution is 7.25. The quantitative estimate of drug-likeness (QED) is 0.286. The number of benzene rings is 1. The number of fused-ring (bicyclic) bond motifs is 4. The SMILES string of the molecule is Cc1cc(-c2nnc3sc4c(Cl)c5nn6c(-c7cc(C)on7)nnc6sc5c(Cl)c4nn23)no1. The third kappa shape index (κ3) is 2.76. The molecule has 12 nitrogen and oxygen atoms in total. The smallest absolute Gasteiger partial charge is 0.233 e. The molecule has 7 rings (SSSR count). The Labute approximate surface area is 205 Å². The molecule has 1 aromatic carbocycles. The molecule has 7 aromatic rings. The van der Waals surface area contributed by atoms with Crippen LogP contribution in [0.2, 0.25) is 10.0 Å². The summed E-state index contributed by atoms with van der Waals surface area (Å²) in [6.45, 7) is 3.59. The Morgan fingerprint density at radius 1 is 0.706 bits per heavy atom. The molecule has 0 aliphatic heterocycles. The second kappa shape index (κ2) is 7.02. The van der Waals surface area contributed by atoms with Crippen LogP contribution in [0.1, 0.15) is 11.5 Å². The zero-order valence-electron chi connectivity index (χ0n) is 17.0. The second-order valence-electron chi connectivity index (χ2n) is 7.27. The van der Waals surface area contributed by atoms with E-state index in [0.717, 1.165) is 0 Å². The van der Waals surface area contributed by atoms with Crippen molar-refractivity contribution in [2.75, 3.05) is 0 Å². The summed E-state index contributed by atoms with van der Waals surface area (Å²) in [7, 11) is 0. The van der Waals surface area contributed by atoms with E-state index in [4.69, 9.17) is 32.2 Å². The molecule has 168 valence electrons. The van der Waals surface area contributed by atoms with Crippen LogP contribution in [0.25, 0.3) is 53.4 Å². The van der Waals surface area contributed by atoms with Crippen molar-refractivity contribution in [2.24, 2.45) is 0 Å². The molecule has 0 saturated heterocycles. The summed E-state index contributed by atoms with van der Waals surface area (Å²) in [6.07, 6.45) is 0. The summed E-state index contributed by atoms with van der Waals surface area (Å²) in [5.74, 6) is 2.15. The predicted octanol–water partition coefficient (Wildman–Crippen LogP) is 4.79. The van der Waals surface area contributed by atoms with Crippen molar-refractivity contribution in [1.29, 1.82) is 0 Å². The van der Waals surface area contributed by atoms with Crippen LogP contribution in [0.4, 0.5) is 0 Å². The van der Waals surface area contributed by atoms with Crippen molar-refractivity contribution >= 4 is 76.2 Å². The third-order valence-electron chi connectivity index (χ3n) is 4.97. The zero-order valence-corrected chi connectivity index (χ0v) is 20.2. The Morgan fingerprint density at radius 3 is 1.53 bits per heavy atom. The monoisotopic (exact) mass is 530 g/mol. The van der Waals surface area contributed by atoms with Gasteiger partial charge in [-0.3, -0.25) is 0 Å². The van der Waals surface area contributed by atoms with Crippen LogP contribution in [0, 0.1) is 13.8 Å². The van der Waals surface area contributed by atoms with Crippen LogP contribution < -0.4 is 0 Å². The van der Waals surface area contributed by atoms with Gasteiger partial charge < -0.3 is 9.05 Å². The molecule has 0 amide bonds. The van der Waals surface area contributed by atoms with Crippen LogP contribution in [0.15, 0.2) is 21.2 Å². The lowest BCUT2D eigenvalue weighted by molar-refractivity contribution is 0.399. The van der Waals surface area contributed by atoms with E-state index in [0.29, 0.717) is 75.0 Å². The van der Waals surface area contributed by atoms with Gasteiger partial charge in [-0.1, -0.05) is 56.2 Å². The maximum absolute atomic E-state index is 6.83. The van der Waals surface area contributed by atoms with Crippen LogP contribution in [0.3, 0.4) is 0 Å². The van der Waals surface area contributed by atoms with Gasteiger partial charge >= 0.3 is 0 Å². The molecule has 0 aliphatic rings. The van der Waals surface area contributed by atoms with Crippen molar-refractivity contribution < 1.29 is 9.05 Å². The van der Waals surface area contributed by atoms with Gasteiger partial charge in [0.05, 0.1) is 19.4 Å². The summed E-state index contributed by atoms with van der Waals surface area (Å²) in [5.41, 5.74) is 1.98. The van der Waals surface area contributed by atoms with Crippen LogP contribution >= 0.6 is 45.9 Å². The number of hydrogen-bond acceptors (Lipinski definition) is 12. The Balaban J connectivity index is 1.53. The van der Waals surface area contributed by atoms with Crippen LogP contribution in [0.5, 0.6) is 0 Å². The molecule has 0 atom stereocenters. The average Bonchev–Trinajstić information content (AvgIpc) is 3.61. The van der Waals surface area contributed by atoms with Gasteiger partial charge in [-0.25, -0.2) is 0 Å². The van der Waals surface area contributed by atoms with E-state index in [2.05, 4.69) is 40.9 Å². The summed E-state index contributed by atoms with van der Waals surface area (Å²) in [6, 6.07) is 3.51. The molecule has 6 aromatic heterocycles. The highest BCUT2D eigenvalue weighted by atomic mass is 35.5. The maximum atomic E-state index is 6.83. The first-order valence-electron chi connectivity index (χ1n) is 9.61. The highest BCUT2D eigenvalue weighted by Gasteiger charge is 2.23. The molecule has 0 radical (unpaired) electrons.